The van der Waals surface area contributed by atoms with Crippen molar-refractivity contribution < 1.29 is 14.3 Å². The van der Waals surface area contributed by atoms with Gasteiger partial charge in [-0.3, -0.25) is 4.79 Å². The Bertz CT molecular complexity index is 650. The van der Waals surface area contributed by atoms with Gasteiger partial charge in [-0.1, -0.05) is 6.92 Å². The van der Waals surface area contributed by atoms with Crippen LogP contribution in [-0.4, -0.2) is 29.6 Å². The lowest BCUT2D eigenvalue weighted by Gasteiger charge is -2.12. The van der Waals surface area contributed by atoms with E-state index in [1.165, 1.54) is 14.2 Å². The molecular weight excluding hydrogens is 270 g/mol. The number of nitrogens with zero attached hydrogens (tertiary/aromatic N) is 2. The number of anilines is 1. The van der Waals surface area contributed by atoms with Crippen molar-refractivity contribution in [2.75, 3.05) is 20.0 Å². The van der Waals surface area contributed by atoms with Crippen molar-refractivity contribution in [1.82, 2.24) is 9.55 Å². The zero-order valence-corrected chi connectivity index (χ0v) is 12.4. The smallest absolute Gasteiger partial charge is 0.230 e. The normalized spacial score (nSPS) is 10.4. The topological polar surface area (TPSA) is 79.4 Å². The molecule has 0 fully saturated rings. The first-order valence-electron chi connectivity index (χ1n) is 6.69. The minimum atomic E-state index is -0.230. The van der Waals surface area contributed by atoms with Crippen molar-refractivity contribution in [2.24, 2.45) is 0 Å². The highest BCUT2D eigenvalue weighted by molar-refractivity contribution is 6.10. The lowest BCUT2D eigenvalue weighted by molar-refractivity contribution is 0.102. The maximum Gasteiger partial charge on any atom is 0.230 e. The van der Waals surface area contributed by atoms with Crippen molar-refractivity contribution in [3.05, 3.63) is 35.9 Å². The van der Waals surface area contributed by atoms with Gasteiger partial charge < -0.3 is 19.8 Å². The van der Waals surface area contributed by atoms with Gasteiger partial charge in [0.1, 0.15) is 0 Å². The molecule has 0 atom stereocenters. The second-order valence-electron chi connectivity index (χ2n) is 4.57. The zero-order chi connectivity index (χ0) is 15.4. The number of nitrogen functional groups attached to an aromatic ring is 1. The van der Waals surface area contributed by atoms with E-state index in [0.717, 1.165) is 13.0 Å². The molecule has 0 amide bonds. The van der Waals surface area contributed by atoms with Gasteiger partial charge in [-0.05, 0) is 12.5 Å². The third-order valence-electron chi connectivity index (χ3n) is 3.18. The maximum atomic E-state index is 12.6. The highest BCUT2D eigenvalue weighted by Gasteiger charge is 2.20. The standard InChI is InChI=1S/C15H19N3O3/c1-4-6-18-7-5-17-15(18)14(19)10-8-12(20-2)13(21-3)9-11(10)16/h5,7-9H,4,6,16H2,1-3H3. The van der Waals surface area contributed by atoms with Gasteiger partial charge in [0.15, 0.2) is 17.3 Å². The first-order valence-corrected chi connectivity index (χ1v) is 6.69. The molecule has 1 aromatic carbocycles. The van der Waals surface area contributed by atoms with E-state index in [-0.39, 0.29) is 5.78 Å². The summed E-state index contributed by atoms with van der Waals surface area (Å²) < 4.78 is 12.2. The van der Waals surface area contributed by atoms with E-state index in [0.29, 0.717) is 28.6 Å². The van der Waals surface area contributed by atoms with E-state index >= 15 is 0 Å². The SMILES string of the molecule is CCCn1ccnc1C(=O)c1cc(OC)c(OC)cc1N. The molecule has 112 valence electrons. The minimum Gasteiger partial charge on any atom is -0.493 e. The molecule has 2 rings (SSSR count). The summed E-state index contributed by atoms with van der Waals surface area (Å²) in [5, 5.41) is 0. The molecule has 0 spiro atoms. The van der Waals surface area contributed by atoms with Crippen LogP contribution in [0.5, 0.6) is 11.5 Å². The van der Waals surface area contributed by atoms with Gasteiger partial charge in [-0.15, -0.1) is 0 Å². The number of aryl methyl sites for hydroxylation is 1. The Morgan fingerprint density at radius 1 is 1.29 bits per heavy atom. The van der Waals surface area contributed by atoms with Crippen LogP contribution in [0.1, 0.15) is 29.5 Å². The minimum absolute atomic E-state index is 0.230. The van der Waals surface area contributed by atoms with E-state index in [4.69, 9.17) is 15.2 Å². The average molecular weight is 289 g/mol. The Kier molecular flexibility index (Phi) is 4.47. The lowest BCUT2D eigenvalue weighted by Crippen LogP contribution is -2.13. The Morgan fingerprint density at radius 3 is 2.57 bits per heavy atom. The number of aromatic nitrogens is 2. The van der Waals surface area contributed by atoms with Crippen LogP contribution < -0.4 is 15.2 Å². The highest BCUT2D eigenvalue weighted by Crippen LogP contribution is 2.32. The lowest BCUT2D eigenvalue weighted by atomic mass is 10.1. The van der Waals surface area contributed by atoms with Gasteiger partial charge in [-0.2, -0.15) is 0 Å². The van der Waals surface area contributed by atoms with Crippen LogP contribution in [0.2, 0.25) is 0 Å². The molecule has 6 nitrogen and oxygen atoms in total. The summed E-state index contributed by atoms with van der Waals surface area (Å²) in [5.74, 6) is 1.09. The van der Waals surface area contributed by atoms with Crippen LogP contribution >= 0.6 is 0 Å². The van der Waals surface area contributed by atoms with Crippen LogP contribution in [0.25, 0.3) is 0 Å². The highest BCUT2D eigenvalue weighted by atomic mass is 16.5. The molecular formula is C15H19N3O3. The number of imidazole rings is 1. The van der Waals surface area contributed by atoms with Gasteiger partial charge in [0, 0.05) is 30.7 Å². The van der Waals surface area contributed by atoms with Crippen molar-refractivity contribution in [2.45, 2.75) is 19.9 Å². The fraction of sp³-hybridized carbons (Fsp3) is 0.333. The van der Waals surface area contributed by atoms with Gasteiger partial charge >= 0.3 is 0 Å². The summed E-state index contributed by atoms with van der Waals surface area (Å²) in [4.78, 5) is 16.8. The maximum absolute atomic E-state index is 12.6. The number of hydrogen-bond donors (Lipinski definition) is 1. The Labute approximate surface area is 123 Å². The number of hydrogen-bond acceptors (Lipinski definition) is 5. The van der Waals surface area contributed by atoms with Crippen molar-refractivity contribution in [3.8, 4) is 11.5 Å². The first kappa shape index (κ1) is 14.9. The summed E-state index contributed by atoms with van der Waals surface area (Å²) in [6.07, 6.45) is 4.31. The third-order valence-corrected chi connectivity index (χ3v) is 3.18. The molecule has 0 unspecified atom stereocenters. The number of benzene rings is 1. The first-order chi connectivity index (χ1) is 10.1. The van der Waals surface area contributed by atoms with Crippen molar-refractivity contribution >= 4 is 11.5 Å². The van der Waals surface area contributed by atoms with Gasteiger partial charge in [-0.25, -0.2) is 4.98 Å². The summed E-state index contributed by atoms with van der Waals surface area (Å²) in [6, 6.07) is 3.17. The third kappa shape index (κ3) is 2.84. The number of methoxy groups -OCH3 is 2. The molecule has 0 bridgehead atoms. The van der Waals surface area contributed by atoms with Gasteiger partial charge in [0.05, 0.1) is 19.8 Å². The fourth-order valence-corrected chi connectivity index (χ4v) is 2.15. The molecule has 0 aliphatic carbocycles. The number of carbonyl (C=O) groups is 1. The Balaban J connectivity index is 2.45. The molecule has 21 heavy (non-hydrogen) atoms. The van der Waals surface area contributed by atoms with Crippen LogP contribution in [0, 0.1) is 0 Å². The number of carbonyl (C=O) groups excluding carboxylic acids is 1. The largest absolute Gasteiger partial charge is 0.493 e. The summed E-state index contributed by atoms with van der Waals surface area (Å²) in [5.41, 5.74) is 6.65. The van der Waals surface area contributed by atoms with Crippen molar-refractivity contribution in [1.29, 1.82) is 0 Å². The molecule has 2 aromatic rings. The second-order valence-corrected chi connectivity index (χ2v) is 4.57. The average Bonchev–Trinajstić information content (AvgIpc) is 2.94. The van der Waals surface area contributed by atoms with Gasteiger partial charge in [0.2, 0.25) is 5.78 Å². The van der Waals surface area contributed by atoms with Crippen LogP contribution in [0.3, 0.4) is 0 Å². The van der Waals surface area contributed by atoms with Crippen LogP contribution in [0.15, 0.2) is 24.5 Å². The predicted molar refractivity (Wildman–Crippen MR) is 79.9 cm³/mol. The molecule has 1 heterocycles. The van der Waals surface area contributed by atoms with E-state index in [2.05, 4.69) is 4.98 Å². The second kappa shape index (κ2) is 6.30. The monoisotopic (exact) mass is 289 g/mol. The quantitative estimate of drug-likeness (QED) is 0.651. The Morgan fingerprint density at radius 2 is 1.95 bits per heavy atom. The summed E-state index contributed by atoms with van der Waals surface area (Å²) in [7, 11) is 3.03. The van der Waals surface area contributed by atoms with E-state index in [9.17, 15) is 4.79 Å². The summed E-state index contributed by atoms with van der Waals surface area (Å²) in [6.45, 7) is 2.77. The van der Waals surface area contributed by atoms with Crippen molar-refractivity contribution in [3.63, 3.8) is 0 Å². The Hall–Kier alpha value is -2.50. The molecule has 0 saturated carbocycles. The van der Waals surface area contributed by atoms with Crippen LogP contribution in [0.4, 0.5) is 5.69 Å². The molecule has 0 aliphatic heterocycles. The van der Waals surface area contributed by atoms with E-state index in [1.807, 2.05) is 11.5 Å². The predicted octanol–water partition coefficient (Wildman–Crippen LogP) is 2.12. The molecule has 2 N–H and O–H groups in total. The van der Waals surface area contributed by atoms with E-state index in [1.54, 1.807) is 24.5 Å². The van der Waals surface area contributed by atoms with E-state index < -0.39 is 0 Å². The molecule has 0 saturated heterocycles. The zero-order valence-electron chi connectivity index (χ0n) is 12.4. The molecule has 0 radical (unpaired) electrons. The molecule has 1 aromatic heterocycles. The number of nitrogens with two attached hydrogens (primary N) is 1. The fourth-order valence-electron chi connectivity index (χ4n) is 2.15. The van der Waals surface area contributed by atoms with Crippen LogP contribution in [-0.2, 0) is 6.54 Å². The molecule has 0 aliphatic rings. The molecule has 6 heteroatoms. The number of ketones is 1. The van der Waals surface area contributed by atoms with Gasteiger partial charge in [0.25, 0.3) is 0 Å². The summed E-state index contributed by atoms with van der Waals surface area (Å²) >= 11 is 0. The number of rotatable bonds is 6. The number of ether oxygens (including phenoxy) is 2.